The summed E-state index contributed by atoms with van der Waals surface area (Å²) >= 11 is 0. The number of anilines is 2. The molecule has 0 bridgehead atoms. The highest BCUT2D eigenvalue weighted by molar-refractivity contribution is 5.95. The van der Waals surface area contributed by atoms with Gasteiger partial charge >= 0.3 is 0 Å². The van der Waals surface area contributed by atoms with Crippen LogP contribution in [0.25, 0.3) is 0 Å². The lowest BCUT2D eigenvalue weighted by molar-refractivity contribution is -0.134. The molecule has 2 aromatic rings. The van der Waals surface area contributed by atoms with Gasteiger partial charge in [-0.15, -0.1) is 0 Å². The van der Waals surface area contributed by atoms with E-state index in [0.717, 1.165) is 43.9 Å². The van der Waals surface area contributed by atoms with Crippen LogP contribution in [0.5, 0.6) is 0 Å². The zero-order valence-corrected chi connectivity index (χ0v) is 18.2. The summed E-state index contributed by atoms with van der Waals surface area (Å²) in [6.45, 7) is 8.06. The van der Waals surface area contributed by atoms with E-state index >= 15 is 0 Å². The van der Waals surface area contributed by atoms with Crippen molar-refractivity contribution in [2.24, 2.45) is 0 Å². The largest absolute Gasteiger partial charge is 0.369 e. The molecule has 0 aromatic heterocycles. The van der Waals surface area contributed by atoms with Gasteiger partial charge in [0, 0.05) is 44.6 Å². The number of amides is 2. The van der Waals surface area contributed by atoms with Crippen molar-refractivity contribution in [3.63, 3.8) is 0 Å². The first-order valence-electron chi connectivity index (χ1n) is 10.6. The first-order chi connectivity index (χ1) is 14.5. The summed E-state index contributed by atoms with van der Waals surface area (Å²) in [5, 5.41) is 2.93. The normalized spacial score (nSPS) is 14.4. The third-order valence-corrected chi connectivity index (χ3v) is 5.67. The number of hydrogen-bond donors (Lipinski definition) is 1. The minimum Gasteiger partial charge on any atom is -0.369 e. The fraction of sp³-hybridized carbons (Fsp3) is 0.417. The van der Waals surface area contributed by atoms with E-state index in [2.05, 4.69) is 53.2 Å². The first kappa shape index (κ1) is 21.8. The van der Waals surface area contributed by atoms with Gasteiger partial charge in [0.25, 0.3) is 0 Å². The van der Waals surface area contributed by atoms with Crippen LogP contribution in [0, 0.1) is 6.92 Å². The average molecular weight is 409 g/mol. The van der Waals surface area contributed by atoms with Gasteiger partial charge in [-0.1, -0.05) is 43.3 Å². The molecule has 0 unspecified atom stereocenters. The second-order valence-corrected chi connectivity index (χ2v) is 7.86. The molecular formula is C24H32N4O2. The second kappa shape index (κ2) is 10.3. The Labute approximate surface area is 179 Å². The average Bonchev–Trinajstić information content (AvgIpc) is 2.75. The lowest BCUT2D eigenvalue weighted by atomic mass is 10.1. The number of rotatable bonds is 7. The van der Waals surface area contributed by atoms with Gasteiger partial charge in [-0.25, -0.2) is 0 Å². The van der Waals surface area contributed by atoms with Crippen molar-refractivity contribution in [1.82, 2.24) is 9.80 Å². The minimum atomic E-state index is -0.170. The number of carbonyl (C=O) groups excluding carboxylic acids is 2. The Kier molecular flexibility index (Phi) is 7.46. The van der Waals surface area contributed by atoms with E-state index in [1.807, 2.05) is 24.3 Å². The summed E-state index contributed by atoms with van der Waals surface area (Å²) in [5.74, 6) is -0.200. The zero-order valence-electron chi connectivity index (χ0n) is 18.2. The molecule has 1 saturated heterocycles. The molecule has 160 valence electrons. The maximum atomic E-state index is 12.6. The number of piperazine rings is 1. The van der Waals surface area contributed by atoms with Crippen LogP contribution >= 0.6 is 0 Å². The van der Waals surface area contributed by atoms with Gasteiger partial charge in [-0.05, 0) is 36.6 Å². The highest BCUT2D eigenvalue weighted by atomic mass is 16.2. The van der Waals surface area contributed by atoms with Crippen LogP contribution in [-0.4, -0.2) is 67.9 Å². The molecule has 2 aromatic carbocycles. The number of nitrogens with one attached hydrogen (secondary N) is 1. The van der Waals surface area contributed by atoms with Gasteiger partial charge in [0.05, 0.1) is 13.1 Å². The van der Waals surface area contributed by atoms with Crippen molar-refractivity contribution >= 4 is 23.2 Å². The van der Waals surface area contributed by atoms with Crippen molar-refractivity contribution in [2.75, 3.05) is 56.5 Å². The molecule has 6 nitrogen and oxygen atoms in total. The first-order valence-corrected chi connectivity index (χ1v) is 10.6. The van der Waals surface area contributed by atoms with Gasteiger partial charge in [0.1, 0.15) is 0 Å². The molecule has 0 atom stereocenters. The highest BCUT2D eigenvalue weighted by Gasteiger charge is 2.22. The van der Waals surface area contributed by atoms with Gasteiger partial charge in [-0.3, -0.25) is 14.5 Å². The molecule has 1 aliphatic heterocycles. The molecule has 6 heteroatoms. The van der Waals surface area contributed by atoms with Gasteiger partial charge in [0.2, 0.25) is 11.8 Å². The topological polar surface area (TPSA) is 55.9 Å². The fourth-order valence-corrected chi connectivity index (χ4v) is 3.82. The number of likely N-dealkylation sites (N-methyl/N-ethyl adjacent to an activating group) is 1. The Morgan fingerprint density at radius 3 is 2.37 bits per heavy atom. The zero-order chi connectivity index (χ0) is 21.5. The summed E-state index contributed by atoms with van der Waals surface area (Å²) in [7, 11) is 1.69. The number of carbonyl (C=O) groups is 2. The van der Waals surface area contributed by atoms with Crippen LogP contribution in [0.1, 0.15) is 18.1 Å². The minimum absolute atomic E-state index is 0.0294. The van der Waals surface area contributed by atoms with Crippen molar-refractivity contribution in [2.45, 2.75) is 20.3 Å². The second-order valence-electron chi connectivity index (χ2n) is 7.86. The van der Waals surface area contributed by atoms with Gasteiger partial charge in [0.15, 0.2) is 0 Å². The van der Waals surface area contributed by atoms with E-state index in [1.54, 1.807) is 7.05 Å². The molecule has 0 aliphatic carbocycles. The Morgan fingerprint density at radius 1 is 1.00 bits per heavy atom. The van der Waals surface area contributed by atoms with Crippen LogP contribution < -0.4 is 10.2 Å². The summed E-state index contributed by atoms with van der Waals surface area (Å²) in [4.78, 5) is 31.1. The molecule has 2 amide bonds. The van der Waals surface area contributed by atoms with Crippen LogP contribution in [0.3, 0.4) is 0 Å². The van der Waals surface area contributed by atoms with E-state index in [0.29, 0.717) is 6.54 Å². The third-order valence-electron chi connectivity index (χ3n) is 5.67. The molecule has 0 radical (unpaired) electrons. The number of hydrogen-bond acceptors (Lipinski definition) is 4. The van der Waals surface area contributed by atoms with Crippen LogP contribution in [0.4, 0.5) is 11.4 Å². The summed E-state index contributed by atoms with van der Waals surface area (Å²) < 4.78 is 0. The smallest absolute Gasteiger partial charge is 0.243 e. The molecule has 0 saturated carbocycles. The highest BCUT2D eigenvalue weighted by Crippen LogP contribution is 2.20. The van der Waals surface area contributed by atoms with E-state index in [9.17, 15) is 9.59 Å². The van der Waals surface area contributed by atoms with E-state index in [-0.39, 0.29) is 18.4 Å². The Bertz CT molecular complexity index is 875. The maximum Gasteiger partial charge on any atom is 0.243 e. The monoisotopic (exact) mass is 408 g/mol. The lowest BCUT2D eigenvalue weighted by Gasteiger charge is -2.37. The maximum absolute atomic E-state index is 12.6. The number of para-hydroxylation sites is 2. The molecule has 1 fully saturated rings. The predicted molar refractivity (Wildman–Crippen MR) is 122 cm³/mol. The Morgan fingerprint density at radius 2 is 1.67 bits per heavy atom. The fourth-order valence-electron chi connectivity index (χ4n) is 3.82. The van der Waals surface area contributed by atoms with Crippen LogP contribution in [-0.2, 0) is 16.0 Å². The molecule has 1 N–H and O–H groups in total. The van der Waals surface area contributed by atoms with Crippen molar-refractivity contribution in [1.29, 1.82) is 0 Å². The summed E-state index contributed by atoms with van der Waals surface area (Å²) in [6, 6.07) is 16.2. The number of aryl methyl sites for hydroxylation is 2. The van der Waals surface area contributed by atoms with E-state index in [1.165, 1.54) is 16.2 Å². The summed E-state index contributed by atoms with van der Waals surface area (Å²) in [6.07, 6.45) is 0.847. The van der Waals surface area contributed by atoms with Crippen molar-refractivity contribution in [3.8, 4) is 0 Å². The van der Waals surface area contributed by atoms with Gasteiger partial charge in [-0.2, -0.15) is 0 Å². The number of benzene rings is 2. The molecule has 1 aliphatic rings. The Balaban J connectivity index is 1.45. The quantitative estimate of drug-likeness (QED) is 0.766. The predicted octanol–water partition coefficient (Wildman–Crippen LogP) is 2.78. The standard InChI is InChI=1S/C24H32N4O2/c1-4-20-10-6-7-11-21(20)25-23(29)17-26(3)24(30)18-27-13-15-28(16-14-27)22-12-8-5-9-19(22)2/h5-12H,4,13-18H2,1-3H3,(H,25,29). The molecule has 3 rings (SSSR count). The van der Waals surface area contributed by atoms with Crippen molar-refractivity contribution < 1.29 is 9.59 Å². The van der Waals surface area contributed by atoms with E-state index in [4.69, 9.17) is 0 Å². The third kappa shape index (κ3) is 5.60. The molecule has 30 heavy (non-hydrogen) atoms. The lowest BCUT2D eigenvalue weighted by Crippen LogP contribution is -2.50. The molecule has 1 heterocycles. The van der Waals surface area contributed by atoms with Crippen LogP contribution in [0.2, 0.25) is 0 Å². The van der Waals surface area contributed by atoms with E-state index < -0.39 is 0 Å². The summed E-state index contributed by atoms with van der Waals surface area (Å²) in [5.41, 5.74) is 4.45. The molecule has 0 spiro atoms. The SMILES string of the molecule is CCc1ccccc1NC(=O)CN(C)C(=O)CN1CCN(c2ccccc2C)CC1. The molecular weight excluding hydrogens is 376 g/mol. The van der Waals surface area contributed by atoms with Crippen LogP contribution in [0.15, 0.2) is 48.5 Å². The Hall–Kier alpha value is -2.86. The number of nitrogens with zero attached hydrogens (tertiary/aromatic N) is 3. The van der Waals surface area contributed by atoms with Crippen molar-refractivity contribution in [3.05, 3.63) is 59.7 Å². The van der Waals surface area contributed by atoms with Gasteiger partial charge < -0.3 is 15.1 Å².